The molecular weight excluding hydrogens is 108 g/mol. The minimum Gasteiger partial charge on any atom is -0.396 e. The third kappa shape index (κ3) is 12.6. The van der Waals surface area contributed by atoms with Gasteiger partial charge in [-0.25, -0.2) is 0 Å². The zero-order valence-corrected chi connectivity index (χ0v) is 4.32. The second kappa shape index (κ2) is 8.82. The van der Waals surface area contributed by atoms with E-state index in [0.717, 1.165) is 6.42 Å². The van der Waals surface area contributed by atoms with Crippen LogP contribution in [0, 0.1) is 0 Å². The molecule has 0 aromatic rings. The van der Waals surface area contributed by atoms with Crippen molar-refractivity contribution in [2.45, 2.75) is 13.3 Å². The van der Waals surface area contributed by atoms with Crippen LogP contribution in [0.2, 0.25) is 0 Å². The Balaban J connectivity index is 0. The van der Waals surface area contributed by atoms with Crippen molar-refractivity contribution in [3.05, 3.63) is 0 Å². The summed E-state index contributed by atoms with van der Waals surface area (Å²) < 4.78 is 0. The van der Waals surface area contributed by atoms with E-state index < -0.39 is 0 Å². The molecule has 0 aromatic carbocycles. The molecule has 1 nitrogen and oxygen atoms in total. The molecule has 5 heavy (non-hydrogen) atoms. The van der Waals surface area contributed by atoms with E-state index >= 15 is 0 Å². The fourth-order valence-electron chi connectivity index (χ4n) is 0. The molecule has 1 N–H and O–H groups in total. The van der Waals surface area contributed by atoms with E-state index in [4.69, 9.17) is 5.11 Å². The Morgan fingerprint density at radius 1 is 1.60 bits per heavy atom. The molecule has 0 unspecified atom stereocenters. The first-order valence-corrected chi connectivity index (χ1v) is 1.52. The van der Waals surface area contributed by atoms with Crippen LogP contribution in [0.15, 0.2) is 0 Å². The number of rotatable bonds is 1. The molecule has 0 atom stereocenters. The molecule has 0 aliphatic carbocycles. The normalized spacial score (nSPS) is 6.00. The Hall–Kier alpha value is 0.479. The Kier molecular flexibility index (Phi) is 16.0. The van der Waals surface area contributed by atoms with E-state index in [2.05, 4.69) is 0 Å². The molecule has 0 spiro atoms. The smallest absolute Gasteiger partial charge is 0.0428 e. The van der Waals surface area contributed by atoms with Gasteiger partial charge in [-0.15, -0.1) is 0 Å². The number of aliphatic hydroxyl groups is 1. The predicted octanol–water partition coefficient (Wildman–Crippen LogP) is 0.386. The summed E-state index contributed by atoms with van der Waals surface area (Å²) in [5.74, 6) is 0. The Morgan fingerprint density at radius 3 is 1.80 bits per heavy atom. The molecule has 0 bridgehead atoms. The Labute approximate surface area is 42.9 Å². The summed E-state index contributed by atoms with van der Waals surface area (Å²) >= 11 is 0. The molecule has 0 saturated heterocycles. The number of hydrogen-bond donors (Lipinski definition) is 1. The maximum atomic E-state index is 7.88. The van der Waals surface area contributed by atoms with E-state index in [1.54, 1.807) is 0 Å². The van der Waals surface area contributed by atoms with Gasteiger partial charge in [0.15, 0.2) is 0 Å². The summed E-state index contributed by atoms with van der Waals surface area (Å²) in [5.41, 5.74) is 0. The molecule has 0 heterocycles. The van der Waals surface area contributed by atoms with Crippen molar-refractivity contribution in [3.8, 4) is 0 Å². The molecule has 0 aliphatic rings. The number of hydrogen-bond acceptors (Lipinski definition) is 1. The first-order valence-electron chi connectivity index (χ1n) is 1.52. The topological polar surface area (TPSA) is 20.2 Å². The van der Waals surface area contributed by atoms with Gasteiger partial charge in [0, 0.05) is 23.7 Å². The monoisotopic (exact) mass is 116 g/mol. The quantitative estimate of drug-likeness (QED) is 0.491. The van der Waals surface area contributed by atoms with Gasteiger partial charge < -0.3 is 5.11 Å². The van der Waals surface area contributed by atoms with Crippen molar-refractivity contribution in [2.24, 2.45) is 0 Å². The van der Waals surface area contributed by atoms with Crippen LogP contribution in [0.1, 0.15) is 13.3 Å². The summed E-state index contributed by atoms with van der Waals surface area (Å²) in [7, 11) is 0. The van der Waals surface area contributed by atoms with E-state index in [1.807, 2.05) is 6.92 Å². The largest absolute Gasteiger partial charge is 0.396 e. The van der Waals surface area contributed by atoms with E-state index in [0.29, 0.717) is 6.61 Å². The van der Waals surface area contributed by atoms with Gasteiger partial charge in [-0.2, -0.15) is 0 Å². The van der Waals surface area contributed by atoms with Crippen molar-refractivity contribution in [3.63, 3.8) is 0 Å². The summed E-state index contributed by atoms with van der Waals surface area (Å²) in [6.45, 7) is 2.25. The second-order valence-electron chi connectivity index (χ2n) is 0.724. The first kappa shape index (κ1) is 9.08. The standard InChI is InChI=1S/C3H8O.Fe/c1-2-3-4;/h4H,2-3H2,1H3;. The van der Waals surface area contributed by atoms with Crippen molar-refractivity contribution in [1.82, 2.24) is 0 Å². The van der Waals surface area contributed by atoms with Crippen LogP contribution in [-0.2, 0) is 17.1 Å². The van der Waals surface area contributed by atoms with Crippen LogP contribution >= 0.6 is 0 Å². The van der Waals surface area contributed by atoms with Crippen LogP contribution in [0.3, 0.4) is 0 Å². The zero-order valence-electron chi connectivity index (χ0n) is 3.21. The number of aliphatic hydroxyl groups excluding tert-OH is 1. The minimum atomic E-state index is 0. The molecule has 2 heteroatoms. The fourth-order valence-corrected chi connectivity index (χ4v) is 0. The van der Waals surface area contributed by atoms with Crippen LogP contribution in [-0.4, -0.2) is 11.7 Å². The molecular formula is C3H8FeO. The maximum Gasteiger partial charge on any atom is 0.0428 e. The Bertz CT molecular complexity index is 8.85. The van der Waals surface area contributed by atoms with Gasteiger partial charge in [0.2, 0.25) is 0 Å². The van der Waals surface area contributed by atoms with E-state index in [1.165, 1.54) is 0 Å². The molecule has 34 valence electrons. The Morgan fingerprint density at radius 2 is 1.80 bits per heavy atom. The molecule has 0 saturated carbocycles. The second-order valence-corrected chi connectivity index (χ2v) is 0.724. The molecule has 0 fully saturated rings. The van der Waals surface area contributed by atoms with Gasteiger partial charge in [-0.1, -0.05) is 6.92 Å². The van der Waals surface area contributed by atoms with Gasteiger partial charge in [0.05, 0.1) is 0 Å². The predicted molar refractivity (Wildman–Crippen MR) is 17.4 cm³/mol. The van der Waals surface area contributed by atoms with Gasteiger partial charge in [0.1, 0.15) is 0 Å². The van der Waals surface area contributed by atoms with Crippen LogP contribution in [0.4, 0.5) is 0 Å². The van der Waals surface area contributed by atoms with Crippen molar-refractivity contribution < 1.29 is 22.2 Å². The van der Waals surface area contributed by atoms with Crippen molar-refractivity contribution >= 4 is 0 Å². The molecule has 0 aromatic heterocycles. The SMILES string of the molecule is CCCO.[Fe]. The average Bonchev–Trinajstić information content (AvgIpc) is 1.37. The third-order valence-electron chi connectivity index (χ3n) is 0.224. The molecule has 0 radical (unpaired) electrons. The summed E-state index contributed by atoms with van der Waals surface area (Å²) in [4.78, 5) is 0. The summed E-state index contributed by atoms with van der Waals surface area (Å²) in [6, 6.07) is 0. The van der Waals surface area contributed by atoms with Gasteiger partial charge in [0.25, 0.3) is 0 Å². The molecule has 0 aliphatic heterocycles. The van der Waals surface area contributed by atoms with Crippen LogP contribution in [0.25, 0.3) is 0 Å². The summed E-state index contributed by atoms with van der Waals surface area (Å²) in [6.07, 6.45) is 0.875. The fraction of sp³-hybridized carbons (Fsp3) is 1.00. The zero-order chi connectivity index (χ0) is 3.41. The van der Waals surface area contributed by atoms with Crippen molar-refractivity contribution in [1.29, 1.82) is 0 Å². The van der Waals surface area contributed by atoms with Crippen LogP contribution < -0.4 is 0 Å². The molecule has 0 rings (SSSR count). The minimum absolute atomic E-state index is 0. The van der Waals surface area contributed by atoms with Crippen LogP contribution in [0.5, 0.6) is 0 Å². The maximum absolute atomic E-state index is 7.88. The average molecular weight is 116 g/mol. The van der Waals surface area contributed by atoms with Gasteiger partial charge >= 0.3 is 0 Å². The van der Waals surface area contributed by atoms with Gasteiger partial charge in [-0.3, -0.25) is 0 Å². The first-order chi connectivity index (χ1) is 1.91. The third-order valence-corrected chi connectivity index (χ3v) is 0.224. The van der Waals surface area contributed by atoms with E-state index in [9.17, 15) is 0 Å². The molecule has 0 amide bonds. The van der Waals surface area contributed by atoms with Gasteiger partial charge in [-0.05, 0) is 6.42 Å². The van der Waals surface area contributed by atoms with E-state index in [-0.39, 0.29) is 17.1 Å². The summed E-state index contributed by atoms with van der Waals surface area (Å²) in [5, 5.41) is 7.88. The van der Waals surface area contributed by atoms with Crippen molar-refractivity contribution in [2.75, 3.05) is 6.61 Å².